The maximum absolute atomic E-state index is 14.0. The number of anilines is 1. The normalized spacial score (nSPS) is 11.8. The number of nitrogens with one attached hydrogen (secondary N) is 1. The first-order valence-corrected chi connectivity index (χ1v) is 15.5. The Labute approximate surface area is 250 Å². The van der Waals surface area contributed by atoms with Crippen LogP contribution in [-0.2, 0) is 26.2 Å². The largest absolute Gasteiger partial charge is 0.493 e. The molecule has 3 rings (SSSR count). The van der Waals surface area contributed by atoms with E-state index in [9.17, 15) is 18.0 Å². The highest BCUT2D eigenvalue weighted by Gasteiger charge is 2.33. The van der Waals surface area contributed by atoms with Gasteiger partial charge in [0.25, 0.3) is 10.0 Å². The van der Waals surface area contributed by atoms with E-state index in [0.717, 1.165) is 27.2 Å². The first-order valence-electron chi connectivity index (χ1n) is 13.2. The number of halogens is 1. The minimum Gasteiger partial charge on any atom is -0.493 e. The van der Waals surface area contributed by atoms with Crippen molar-refractivity contribution in [3.05, 3.63) is 82.8 Å². The van der Waals surface area contributed by atoms with Crippen molar-refractivity contribution in [1.29, 1.82) is 0 Å². The maximum atomic E-state index is 14.0. The van der Waals surface area contributed by atoms with Gasteiger partial charge in [0.05, 0.1) is 24.8 Å². The Morgan fingerprint density at radius 2 is 1.66 bits per heavy atom. The van der Waals surface area contributed by atoms with E-state index in [0.29, 0.717) is 18.0 Å². The average molecular weight is 647 g/mol. The Hall–Kier alpha value is -3.57. The van der Waals surface area contributed by atoms with Gasteiger partial charge in [0, 0.05) is 23.6 Å². The van der Waals surface area contributed by atoms with E-state index in [4.69, 9.17) is 9.47 Å². The molecule has 0 heterocycles. The second kappa shape index (κ2) is 14.9. The van der Waals surface area contributed by atoms with Crippen molar-refractivity contribution in [1.82, 2.24) is 10.2 Å². The maximum Gasteiger partial charge on any atom is 0.264 e. The first-order chi connectivity index (χ1) is 19.6. The van der Waals surface area contributed by atoms with E-state index in [1.807, 2.05) is 31.2 Å². The molecule has 0 unspecified atom stereocenters. The summed E-state index contributed by atoms with van der Waals surface area (Å²) < 4.78 is 40.4. The number of unbranched alkanes of at least 4 members (excludes halogenated alkanes) is 1. The van der Waals surface area contributed by atoms with Crippen molar-refractivity contribution >= 4 is 43.5 Å². The van der Waals surface area contributed by atoms with Crippen LogP contribution in [0.4, 0.5) is 5.69 Å². The molecule has 11 heteroatoms. The van der Waals surface area contributed by atoms with Crippen LogP contribution in [0.3, 0.4) is 0 Å². The Morgan fingerprint density at radius 1 is 0.951 bits per heavy atom. The fraction of sp³-hybridized carbons (Fsp3) is 0.333. The molecule has 0 aromatic heterocycles. The van der Waals surface area contributed by atoms with Crippen LogP contribution in [-0.4, -0.2) is 58.5 Å². The summed E-state index contributed by atoms with van der Waals surface area (Å²) in [6.45, 7) is 3.70. The molecule has 0 fully saturated rings. The molecule has 9 nitrogen and oxygen atoms in total. The average Bonchev–Trinajstić information content (AvgIpc) is 2.98. The highest BCUT2D eigenvalue weighted by molar-refractivity contribution is 9.10. The number of carbonyl (C=O) groups excluding carboxylic acids is 2. The van der Waals surface area contributed by atoms with Gasteiger partial charge < -0.3 is 19.7 Å². The van der Waals surface area contributed by atoms with Crippen LogP contribution in [0.25, 0.3) is 0 Å². The van der Waals surface area contributed by atoms with Crippen LogP contribution < -0.4 is 19.1 Å². The predicted octanol–water partition coefficient (Wildman–Crippen LogP) is 5.00. The standard InChI is InChI=1S/C30H36BrN3O6S/c1-5-6-17-32-30(36)22(2)33(20-23-11-10-12-24(31)18-23)29(35)21-34(41(37,38)26-13-8-7-9-14-26)25-15-16-27(39-3)28(19-25)40-4/h7-16,18-19,22H,5-6,17,20-21H2,1-4H3,(H,32,36)/t22-/m0/s1. The van der Waals surface area contributed by atoms with Crippen LogP contribution in [0.1, 0.15) is 32.3 Å². The molecule has 3 aromatic rings. The number of rotatable bonds is 14. The molecule has 0 aliphatic carbocycles. The van der Waals surface area contributed by atoms with E-state index < -0.39 is 28.5 Å². The fourth-order valence-electron chi connectivity index (χ4n) is 4.18. The van der Waals surface area contributed by atoms with E-state index in [2.05, 4.69) is 21.2 Å². The Balaban J connectivity index is 2.05. The highest BCUT2D eigenvalue weighted by Crippen LogP contribution is 2.34. The summed E-state index contributed by atoms with van der Waals surface area (Å²) in [5.74, 6) is -0.142. The molecule has 3 aromatic carbocycles. The molecule has 0 saturated heterocycles. The zero-order valence-corrected chi connectivity index (χ0v) is 26.1. The molecule has 1 atom stereocenters. The zero-order valence-electron chi connectivity index (χ0n) is 23.7. The van der Waals surface area contributed by atoms with Crippen molar-refractivity contribution in [3.8, 4) is 11.5 Å². The highest BCUT2D eigenvalue weighted by atomic mass is 79.9. The smallest absolute Gasteiger partial charge is 0.264 e. The van der Waals surface area contributed by atoms with Gasteiger partial charge in [-0.25, -0.2) is 8.42 Å². The minimum absolute atomic E-state index is 0.0199. The van der Waals surface area contributed by atoms with Crippen molar-refractivity contribution in [2.45, 2.75) is 44.2 Å². The zero-order chi connectivity index (χ0) is 30.0. The molecule has 1 N–H and O–H groups in total. The van der Waals surface area contributed by atoms with Crippen LogP contribution in [0.15, 0.2) is 82.2 Å². The van der Waals surface area contributed by atoms with E-state index in [1.165, 1.54) is 37.3 Å². The van der Waals surface area contributed by atoms with Crippen molar-refractivity contribution in [3.63, 3.8) is 0 Å². The lowest BCUT2D eigenvalue weighted by molar-refractivity contribution is -0.139. The molecule has 0 spiro atoms. The summed E-state index contributed by atoms with van der Waals surface area (Å²) in [6.07, 6.45) is 1.72. The number of methoxy groups -OCH3 is 2. The third-order valence-electron chi connectivity index (χ3n) is 6.50. The van der Waals surface area contributed by atoms with Gasteiger partial charge in [-0.2, -0.15) is 0 Å². The summed E-state index contributed by atoms with van der Waals surface area (Å²) >= 11 is 3.45. The number of sulfonamides is 1. The van der Waals surface area contributed by atoms with Crippen molar-refractivity contribution in [2.75, 3.05) is 31.6 Å². The van der Waals surface area contributed by atoms with Gasteiger partial charge in [-0.05, 0) is 55.3 Å². The van der Waals surface area contributed by atoms with Gasteiger partial charge in [0.15, 0.2) is 11.5 Å². The Bertz CT molecular complexity index is 1440. The van der Waals surface area contributed by atoms with Gasteiger partial charge in [0.1, 0.15) is 12.6 Å². The van der Waals surface area contributed by atoms with Crippen LogP contribution in [0, 0.1) is 0 Å². The molecule has 220 valence electrons. The van der Waals surface area contributed by atoms with Gasteiger partial charge >= 0.3 is 0 Å². The monoisotopic (exact) mass is 645 g/mol. The molecule has 0 aliphatic heterocycles. The third-order valence-corrected chi connectivity index (χ3v) is 8.79. The second-order valence-corrected chi connectivity index (χ2v) is 12.1. The number of hydrogen-bond acceptors (Lipinski definition) is 6. The van der Waals surface area contributed by atoms with Gasteiger partial charge in [-0.15, -0.1) is 0 Å². The number of benzene rings is 3. The van der Waals surface area contributed by atoms with E-state index in [-0.39, 0.29) is 23.0 Å². The molecule has 0 aliphatic rings. The number of nitrogens with zero attached hydrogens (tertiary/aromatic N) is 2. The van der Waals surface area contributed by atoms with E-state index >= 15 is 0 Å². The Kier molecular flexibility index (Phi) is 11.6. The van der Waals surface area contributed by atoms with Crippen molar-refractivity contribution in [2.24, 2.45) is 0 Å². The summed E-state index contributed by atoms with van der Waals surface area (Å²) in [6, 6.07) is 19.1. The first kappa shape index (κ1) is 32.0. The number of amides is 2. The predicted molar refractivity (Wildman–Crippen MR) is 163 cm³/mol. The summed E-state index contributed by atoms with van der Waals surface area (Å²) in [5, 5.41) is 2.88. The van der Waals surface area contributed by atoms with Crippen molar-refractivity contribution < 1.29 is 27.5 Å². The van der Waals surface area contributed by atoms with Crippen LogP contribution in [0.2, 0.25) is 0 Å². The minimum atomic E-state index is -4.19. The second-order valence-electron chi connectivity index (χ2n) is 9.34. The number of hydrogen-bond donors (Lipinski definition) is 1. The lowest BCUT2D eigenvalue weighted by Crippen LogP contribution is -2.51. The topological polar surface area (TPSA) is 105 Å². The summed E-state index contributed by atoms with van der Waals surface area (Å²) in [4.78, 5) is 28.5. The summed E-state index contributed by atoms with van der Waals surface area (Å²) in [5.41, 5.74) is 0.992. The van der Waals surface area contributed by atoms with Gasteiger partial charge in [0.2, 0.25) is 11.8 Å². The number of carbonyl (C=O) groups is 2. The molecule has 0 saturated carbocycles. The lowest BCUT2D eigenvalue weighted by Gasteiger charge is -2.32. The summed E-state index contributed by atoms with van der Waals surface area (Å²) in [7, 11) is -1.26. The molecule has 0 radical (unpaired) electrons. The van der Waals surface area contributed by atoms with Gasteiger partial charge in [-0.3, -0.25) is 13.9 Å². The van der Waals surface area contributed by atoms with E-state index in [1.54, 1.807) is 37.3 Å². The quantitative estimate of drug-likeness (QED) is 0.248. The van der Waals surface area contributed by atoms with Gasteiger partial charge in [-0.1, -0.05) is 59.6 Å². The molecular formula is C30H36BrN3O6S. The molecule has 41 heavy (non-hydrogen) atoms. The third kappa shape index (κ3) is 8.23. The molecule has 0 bridgehead atoms. The molecule has 2 amide bonds. The van der Waals surface area contributed by atoms with Crippen LogP contribution >= 0.6 is 15.9 Å². The fourth-order valence-corrected chi connectivity index (χ4v) is 6.05. The van der Waals surface area contributed by atoms with Crippen LogP contribution in [0.5, 0.6) is 11.5 Å². The molecular weight excluding hydrogens is 610 g/mol. The SMILES string of the molecule is CCCCNC(=O)[C@H](C)N(Cc1cccc(Br)c1)C(=O)CN(c1ccc(OC)c(OC)c1)S(=O)(=O)c1ccccc1. The number of ether oxygens (including phenoxy) is 2. The lowest BCUT2D eigenvalue weighted by atomic mass is 10.1. The Morgan fingerprint density at radius 3 is 2.29 bits per heavy atom.